The van der Waals surface area contributed by atoms with Crippen molar-refractivity contribution in [2.24, 2.45) is 5.41 Å². The van der Waals surface area contributed by atoms with Crippen LogP contribution in [0.25, 0.3) is 0 Å². The predicted molar refractivity (Wildman–Crippen MR) is 119 cm³/mol. The minimum atomic E-state index is -0.559. The van der Waals surface area contributed by atoms with Gasteiger partial charge in [0.2, 0.25) is 5.91 Å². The summed E-state index contributed by atoms with van der Waals surface area (Å²) < 4.78 is 4.64. The van der Waals surface area contributed by atoms with Crippen molar-refractivity contribution in [2.45, 2.75) is 27.2 Å². The van der Waals surface area contributed by atoms with Crippen LogP contribution in [0.2, 0.25) is 0 Å². The van der Waals surface area contributed by atoms with Gasteiger partial charge in [0.05, 0.1) is 25.8 Å². The van der Waals surface area contributed by atoms with E-state index in [-0.39, 0.29) is 36.0 Å². The summed E-state index contributed by atoms with van der Waals surface area (Å²) in [5, 5.41) is 15.4. The van der Waals surface area contributed by atoms with Crippen LogP contribution < -0.4 is 15.5 Å². The van der Waals surface area contributed by atoms with E-state index >= 15 is 0 Å². The van der Waals surface area contributed by atoms with E-state index in [1.807, 2.05) is 20.8 Å². The highest BCUT2D eigenvalue weighted by Gasteiger charge is 2.24. The molecular formula is C23H29N3O5. The summed E-state index contributed by atoms with van der Waals surface area (Å²) in [4.78, 5) is 38.0. The van der Waals surface area contributed by atoms with E-state index < -0.39 is 6.03 Å². The van der Waals surface area contributed by atoms with Gasteiger partial charge < -0.3 is 25.4 Å². The maximum Gasteiger partial charge on any atom is 0.319 e. The van der Waals surface area contributed by atoms with Crippen LogP contribution in [0.1, 0.15) is 26.3 Å². The van der Waals surface area contributed by atoms with Crippen LogP contribution in [0, 0.1) is 5.41 Å². The highest BCUT2D eigenvalue weighted by Crippen LogP contribution is 2.29. The Morgan fingerprint density at radius 1 is 1.06 bits per heavy atom. The molecule has 8 nitrogen and oxygen atoms in total. The van der Waals surface area contributed by atoms with Gasteiger partial charge in [0.15, 0.2) is 0 Å². The van der Waals surface area contributed by atoms with Crippen molar-refractivity contribution in [2.75, 3.05) is 30.4 Å². The van der Waals surface area contributed by atoms with Crippen molar-refractivity contribution >= 4 is 29.3 Å². The van der Waals surface area contributed by atoms with Crippen LogP contribution in [0.5, 0.6) is 5.75 Å². The van der Waals surface area contributed by atoms with Gasteiger partial charge in [0, 0.05) is 12.2 Å². The fraction of sp³-hybridized carbons (Fsp3) is 0.348. The van der Waals surface area contributed by atoms with Crippen LogP contribution in [0.3, 0.4) is 0 Å². The quantitative estimate of drug-likeness (QED) is 0.588. The number of esters is 1. The molecule has 0 fully saturated rings. The number of phenolic OH excluding ortho intramolecular Hbond substituents is 1. The first-order valence-corrected chi connectivity index (χ1v) is 9.88. The summed E-state index contributed by atoms with van der Waals surface area (Å²) in [5.74, 6) is -0.742. The summed E-state index contributed by atoms with van der Waals surface area (Å²) >= 11 is 0. The van der Waals surface area contributed by atoms with Gasteiger partial charge in [0.25, 0.3) is 0 Å². The summed E-state index contributed by atoms with van der Waals surface area (Å²) in [7, 11) is 1.31. The van der Waals surface area contributed by atoms with Gasteiger partial charge in [-0.3, -0.25) is 9.59 Å². The zero-order chi connectivity index (χ0) is 23.0. The van der Waals surface area contributed by atoms with Gasteiger partial charge in [-0.1, -0.05) is 45.0 Å². The normalized spacial score (nSPS) is 10.8. The van der Waals surface area contributed by atoms with Crippen LogP contribution in [0.15, 0.2) is 48.5 Å². The molecule has 31 heavy (non-hydrogen) atoms. The molecule has 0 aliphatic heterocycles. The molecule has 0 unspecified atom stereocenters. The molecule has 2 rings (SSSR count). The Morgan fingerprint density at radius 3 is 2.42 bits per heavy atom. The number of ether oxygens (including phenoxy) is 1. The van der Waals surface area contributed by atoms with Crippen LogP contribution >= 0.6 is 0 Å². The molecule has 0 radical (unpaired) electrons. The number of phenols is 1. The lowest BCUT2D eigenvalue weighted by Gasteiger charge is -2.30. The fourth-order valence-electron chi connectivity index (χ4n) is 2.90. The van der Waals surface area contributed by atoms with E-state index in [2.05, 4.69) is 15.4 Å². The lowest BCUT2D eigenvalue weighted by atomic mass is 9.95. The smallest absolute Gasteiger partial charge is 0.319 e. The molecule has 0 aliphatic carbocycles. The first-order chi connectivity index (χ1) is 14.6. The number of methoxy groups -OCH3 is 1. The number of amides is 3. The third-order valence-electron chi connectivity index (χ3n) is 4.27. The van der Waals surface area contributed by atoms with Gasteiger partial charge in [-0.15, -0.1) is 0 Å². The number of carbonyl (C=O) groups is 3. The van der Waals surface area contributed by atoms with Crippen molar-refractivity contribution in [3.05, 3.63) is 54.1 Å². The number of urea groups is 1. The highest BCUT2D eigenvalue weighted by molar-refractivity contribution is 5.99. The summed E-state index contributed by atoms with van der Waals surface area (Å²) in [6.07, 6.45) is 0.0917. The first-order valence-electron chi connectivity index (χ1n) is 9.88. The molecule has 0 bridgehead atoms. The highest BCUT2D eigenvalue weighted by atomic mass is 16.5. The lowest BCUT2D eigenvalue weighted by molar-refractivity contribution is -0.139. The largest absolute Gasteiger partial charge is 0.506 e. The molecule has 0 saturated carbocycles. The van der Waals surface area contributed by atoms with Gasteiger partial charge in [-0.25, -0.2) is 4.79 Å². The van der Waals surface area contributed by atoms with Crippen molar-refractivity contribution in [3.8, 4) is 5.75 Å². The minimum Gasteiger partial charge on any atom is -0.506 e. The summed E-state index contributed by atoms with van der Waals surface area (Å²) in [6, 6.07) is 12.8. The second-order valence-corrected chi connectivity index (χ2v) is 8.29. The molecule has 2 aromatic rings. The number of carbonyl (C=O) groups excluding carboxylic acids is 3. The van der Waals surface area contributed by atoms with Crippen molar-refractivity contribution in [1.29, 1.82) is 0 Å². The van der Waals surface area contributed by atoms with E-state index in [9.17, 15) is 19.5 Å². The molecule has 0 atom stereocenters. The molecule has 0 spiro atoms. The number of nitrogens with zero attached hydrogens (tertiary/aromatic N) is 1. The Morgan fingerprint density at radius 2 is 1.77 bits per heavy atom. The molecule has 0 heterocycles. The molecule has 3 N–H and O–H groups in total. The molecular weight excluding hydrogens is 398 g/mol. The maximum absolute atomic E-state index is 12.9. The van der Waals surface area contributed by atoms with E-state index in [1.165, 1.54) is 18.1 Å². The molecule has 8 heteroatoms. The van der Waals surface area contributed by atoms with Crippen molar-refractivity contribution in [3.63, 3.8) is 0 Å². The second kappa shape index (κ2) is 10.5. The molecule has 3 amide bonds. The number of rotatable bonds is 7. The van der Waals surface area contributed by atoms with Crippen molar-refractivity contribution < 1.29 is 24.2 Å². The Kier molecular flexibility index (Phi) is 8.01. The summed E-state index contributed by atoms with van der Waals surface area (Å²) in [6.45, 7) is 6.05. The van der Waals surface area contributed by atoms with Crippen molar-refractivity contribution in [1.82, 2.24) is 5.32 Å². The van der Waals surface area contributed by atoms with Gasteiger partial charge in [-0.05, 0) is 35.2 Å². The van der Waals surface area contributed by atoms with Gasteiger partial charge in [0.1, 0.15) is 5.75 Å². The average molecular weight is 428 g/mol. The zero-order valence-electron chi connectivity index (χ0n) is 18.3. The van der Waals surface area contributed by atoms with Gasteiger partial charge in [-0.2, -0.15) is 0 Å². The third kappa shape index (κ3) is 7.65. The number of aromatic hydroxyl groups is 1. The van der Waals surface area contributed by atoms with Crippen LogP contribution in [0.4, 0.5) is 16.2 Å². The fourth-order valence-corrected chi connectivity index (χ4v) is 2.90. The predicted octanol–water partition coefficient (Wildman–Crippen LogP) is 3.31. The molecule has 0 aliphatic rings. The topological polar surface area (TPSA) is 108 Å². The number of anilines is 2. The number of hydrogen-bond acceptors (Lipinski definition) is 5. The Hall–Kier alpha value is -3.55. The Bertz CT molecular complexity index is 937. The first kappa shape index (κ1) is 23.7. The average Bonchev–Trinajstić information content (AvgIpc) is 2.70. The lowest BCUT2D eigenvalue weighted by Crippen LogP contribution is -2.44. The molecule has 0 aromatic heterocycles. The Balaban J connectivity index is 2.02. The minimum absolute atomic E-state index is 0.00743. The standard InChI is InChI=1S/C23H29N3O5/c1-23(2,3)15-26(18-10-5-6-11-19(18)27)20(28)14-24-22(30)25-17-9-7-8-16(12-17)13-21(29)31-4/h5-12,27H,13-15H2,1-4H3,(H2,24,25,30). The van der Waals surface area contributed by atoms with E-state index in [4.69, 9.17) is 0 Å². The number of nitrogens with one attached hydrogen (secondary N) is 2. The van der Waals surface area contributed by atoms with E-state index in [0.717, 1.165) is 0 Å². The molecule has 166 valence electrons. The molecule has 0 saturated heterocycles. The SMILES string of the molecule is COC(=O)Cc1cccc(NC(=O)NCC(=O)N(CC(C)(C)C)c2ccccc2O)c1. The van der Waals surface area contributed by atoms with Crippen LogP contribution in [-0.2, 0) is 20.7 Å². The van der Waals surface area contributed by atoms with Crippen LogP contribution in [-0.4, -0.2) is 43.2 Å². The Labute approximate surface area is 182 Å². The summed E-state index contributed by atoms with van der Waals surface area (Å²) in [5.41, 5.74) is 1.34. The van der Waals surface area contributed by atoms with E-state index in [0.29, 0.717) is 23.5 Å². The van der Waals surface area contributed by atoms with Gasteiger partial charge >= 0.3 is 12.0 Å². The van der Waals surface area contributed by atoms with E-state index in [1.54, 1.807) is 42.5 Å². The maximum atomic E-state index is 12.9. The number of benzene rings is 2. The third-order valence-corrected chi connectivity index (χ3v) is 4.27. The second-order valence-electron chi connectivity index (χ2n) is 8.29. The zero-order valence-corrected chi connectivity index (χ0v) is 18.3. The monoisotopic (exact) mass is 427 g/mol. The number of para-hydroxylation sites is 2. The number of hydrogen-bond donors (Lipinski definition) is 3. The molecule has 2 aromatic carbocycles.